The first-order chi connectivity index (χ1) is 9.51. The van der Waals surface area contributed by atoms with Crippen molar-refractivity contribution in [3.8, 4) is 0 Å². The molecule has 0 aliphatic heterocycles. The molecule has 0 aromatic heterocycles. The summed E-state index contributed by atoms with van der Waals surface area (Å²) in [6, 6.07) is 9.64. The van der Waals surface area contributed by atoms with Crippen LogP contribution in [-0.4, -0.2) is 29.8 Å². The Hall–Kier alpha value is -1.71. The normalized spacial score (nSPS) is 11.8. The minimum atomic E-state index is -3.41. The molecule has 0 unspecified atom stereocenters. The van der Waals surface area contributed by atoms with Crippen molar-refractivity contribution in [2.75, 3.05) is 13.1 Å². The van der Waals surface area contributed by atoms with Gasteiger partial charge in [0, 0.05) is 13.1 Å². The molecule has 0 N–H and O–H groups in total. The number of nitrogens with zero attached hydrogens (tertiary/aromatic N) is 1. The highest BCUT2D eigenvalue weighted by Gasteiger charge is 2.38. The molecule has 0 radical (unpaired) electrons. The molecule has 0 saturated heterocycles. The van der Waals surface area contributed by atoms with Crippen LogP contribution in [0.15, 0.2) is 42.5 Å². The van der Waals surface area contributed by atoms with Gasteiger partial charge < -0.3 is 4.90 Å². The van der Waals surface area contributed by atoms with E-state index in [2.05, 4.69) is 0 Å². The number of rotatable bonds is 7. The number of aryl methyl sites for hydroxylation is 1. The van der Waals surface area contributed by atoms with Crippen molar-refractivity contribution < 1.29 is 13.6 Å². The van der Waals surface area contributed by atoms with Crippen molar-refractivity contribution in [2.45, 2.75) is 32.6 Å². The molecule has 0 aliphatic carbocycles. The van der Waals surface area contributed by atoms with Crippen LogP contribution in [0, 0.1) is 0 Å². The molecule has 0 saturated carbocycles. The van der Waals surface area contributed by atoms with Gasteiger partial charge in [-0.2, -0.15) is 8.78 Å². The quantitative estimate of drug-likeness (QED) is 0.698. The minimum absolute atomic E-state index is 0.294. The molecule has 0 bridgehead atoms. The Kier molecular flexibility index (Phi) is 6.36. The van der Waals surface area contributed by atoms with E-state index in [0.717, 1.165) is 16.5 Å². The van der Waals surface area contributed by atoms with Crippen LogP contribution >= 0.6 is 0 Å². The van der Waals surface area contributed by atoms with Crippen molar-refractivity contribution in [1.82, 2.24) is 4.90 Å². The Morgan fingerprint density at radius 3 is 2.35 bits per heavy atom. The number of benzene rings is 1. The summed E-state index contributed by atoms with van der Waals surface area (Å²) in [6.07, 6.45) is 3.28. The van der Waals surface area contributed by atoms with Gasteiger partial charge in [-0.05, 0) is 38.3 Å². The summed E-state index contributed by atoms with van der Waals surface area (Å²) in [4.78, 5) is 12.8. The smallest absolute Gasteiger partial charge is 0.338 e. The third-order valence-corrected chi connectivity index (χ3v) is 3.11. The van der Waals surface area contributed by atoms with Crippen molar-refractivity contribution in [2.24, 2.45) is 0 Å². The molecule has 0 spiro atoms. The summed E-state index contributed by atoms with van der Waals surface area (Å²) in [5.41, 5.74) is 1.09. The fourth-order valence-corrected chi connectivity index (χ4v) is 1.92. The maximum absolute atomic E-state index is 13.7. The summed E-state index contributed by atoms with van der Waals surface area (Å²) in [7, 11) is 0. The largest absolute Gasteiger partial charge is 0.343 e. The second-order valence-electron chi connectivity index (χ2n) is 4.53. The first-order valence-electron chi connectivity index (χ1n) is 6.90. The zero-order valence-electron chi connectivity index (χ0n) is 12.0. The second kappa shape index (κ2) is 7.78. The average Bonchev–Trinajstić information content (AvgIpc) is 2.46. The van der Waals surface area contributed by atoms with Crippen LogP contribution in [-0.2, 0) is 11.2 Å². The number of hydrogen-bond donors (Lipinski definition) is 0. The number of hydrogen-bond acceptors (Lipinski definition) is 1. The van der Waals surface area contributed by atoms with Crippen LogP contribution in [0.4, 0.5) is 8.78 Å². The van der Waals surface area contributed by atoms with Crippen LogP contribution in [0.2, 0.25) is 0 Å². The number of allylic oxidation sites excluding steroid dienone is 1. The molecule has 4 heteroatoms. The van der Waals surface area contributed by atoms with Gasteiger partial charge in [0.25, 0.3) is 5.91 Å². The molecule has 20 heavy (non-hydrogen) atoms. The van der Waals surface area contributed by atoms with E-state index in [-0.39, 0.29) is 0 Å². The van der Waals surface area contributed by atoms with Gasteiger partial charge in [0.05, 0.1) is 0 Å². The highest BCUT2D eigenvalue weighted by molar-refractivity contribution is 5.85. The number of carbonyl (C=O) groups excluding carboxylic acids is 1. The Bertz CT molecular complexity index is 439. The SMILES string of the molecule is CCN(CC)C(=O)C(F)(F)/C=C/CCc1ccccc1. The van der Waals surface area contributed by atoms with E-state index in [9.17, 15) is 13.6 Å². The molecular formula is C16H21F2NO. The van der Waals surface area contributed by atoms with Crippen molar-refractivity contribution in [1.29, 1.82) is 0 Å². The zero-order chi connectivity index (χ0) is 15.0. The lowest BCUT2D eigenvalue weighted by Crippen LogP contribution is -2.42. The van der Waals surface area contributed by atoms with Gasteiger partial charge >= 0.3 is 5.92 Å². The maximum Gasteiger partial charge on any atom is 0.343 e. The summed E-state index contributed by atoms with van der Waals surface area (Å²) < 4.78 is 27.4. The highest BCUT2D eigenvalue weighted by Crippen LogP contribution is 2.19. The van der Waals surface area contributed by atoms with Gasteiger partial charge in [-0.1, -0.05) is 36.4 Å². The predicted molar refractivity (Wildman–Crippen MR) is 76.8 cm³/mol. The first-order valence-corrected chi connectivity index (χ1v) is 6.90. The standard InChI is InChI=1S/C16H21F2NO/c1-3-19(4-2)15(20)16(17,18)13-9-8-12-14-10-6-5-7-11-14/h5-7,9-11,13H,3-4,8,12H2,1-2H3/b13-9+. The molecule has 1 aromatic rings. The molecule has 1 aromatic carbocycles. The molecule has 1 amide bonds. The van der Waals surface area contributed by atoms with Crippen LogP contribution in [0.1, 0.15) is 25.8 Å². The van der Waals surface area contributed by atoms with E-state index in [0.29, 0.717) is 25.9 Å². The van der Waals surface area contributed by atoms with Crippen molar-refractivity contribution in [3.63, 3.8) is 0 Å². The van der Waals surface area contributed by atoms with E-state index < -0.39 is 11.8 Å². The lowest BCUT2D eigenvalue weighted by atomic mass is 10.1. The third-order valence-electron chi connectivity index (χ3n) is 3.11. The second-order valence-corrected chi connectivity index (χ2v) is 4.53. The molecule has 0 heterocycles. The van der Waals surface area contributed by atoms with E-state index in [1.807, 2.05) is 30.3 Å². The highest BCUT2D eigenvalue weighted by atomic mass is 19.3. The Balaban J connectivity index is 2.53. The van der Waals surface area contributed by atoms with Crippen LogP contribution in [0.3, 0.4) is 0 Å². The van der Waals surface area contributed by atoms with Crippen LogP contribution in [0.25, 0.3) is 0 Å². The summed E-state index contributed by atoms with van der Waals surface area (Å²) >= 11 is 0. The predicted octanol–water partition coefficient (Wildman–Crippen LogP) is 3.68. The summed E-state index contributed by atoms with van der Waals surface area (Å²) in [5, 5.41) is 0. The lowest BCUT2D eigenvalue weighted by Gasteiger charge is -2.22. The topological polar surface area (TPSA) is 20.3 Å². The molecule has 1 rings (SSSR count). The van der Waals surface area contributed by atoms with Crippen LogP contribution < -0.4 is 0 Å². The number of amides is 1. The molecule has 0 atom stereocenters. The number of carbonyl (C=O) groups is 1. The van der Waals surface area contributed by atoms with Gasteiger partial charge in [0.1, 0.15) is 0 Å². The minimum Gasteiger partial charge on any atom is -0.338 e. The monoisotopic (exact) mass is 281 g/mol. The number of alkyl halides is 2. The van der Waals surface area contributed by atoms with Gasteiger partial charge in [-0.15, -0.1) is 0 Å². The van der Waals surface area contributed by atoms with E-state index in [4.69, 9.17) is 0 Å². The Morgan fingerprint density at radius 1 is 1.20 bits per heavy atom. The average molecular weight is 281 g/mol. The van der Waals surface area contributed by atoms with E-state index >= 15 is 0 Å². The summed E-state index contributed by atoms with van der Waals surface area (Å²) in [5.74, 6) is -4.54. The van der Waals surface area contributed by atoms with Crippen molar-refractivity contribution in [3.05, 3.63) is 48.0 Å². The molecule has 0 fully saturated rings. The van der Waals surface area contributed by atoms with E-state index in [1.54, 1.807) is 13.8 Å². The fourth-order valence-electron chi connectivity index (χ4n) is 1.92. The number of halogens is 2. The Morgan fingerprint density at radius 2 is 1.80 bits per heavy atom. The molecule has 110 valence electrons. The van der Waals surface area contributed by atoms with Gasteiger partial charge in [0.2, 0.25) is 0 Å². The Labute approximate surface area is 119 Å². The fraction of sp³-hybridized carbons (Fsp3) is 0.438. The first kappa shape index (κ1) is 16.3. The van der Waals surface area contributed by atoms with Gasteiger partial charge in [-0.25, -0.2) is 0 Å². The molecule has 0 aliphatic rings. The van der Waals surface area contributed by atoms with Gasteiger partial charge in [-0.3, -0.25) is 4.79 Å². The van der Waals surface area contributed by atoms with E-state index in [1.165, 1.54) is 6.08 Å². The third kappa shape index (κ3) is 4.76. The molecule has 2 nitrogen and oxygen atoms in total. The summed E-state index contributed by atoms with van der Waals surface area (Å²) in [6.45, 7) is 3.97. The van der Waals surface area contributed by atoms with Crippen LogP contribution in [0.5, 0.6) is 0 Å². The molecular weight excluding hydrogens is 260 g/mol. The zero-order valence-corrected chi connectivity index (χ0v) is 12.0. The lowest BCUT2D eigenvalue weighted by molar-refractivity contribution is -0.150. The maximum atomic E-state index is 13.7. The van der Waals surface area contributed by atoms with Crippen molar-refractivity contribution >= 4 is 5.91 Å². The van der Waals surface area contributed by atoms with Gasteiger partial charge in [0.15, 0.2) is 0 Å².